The summed E-state index contributed by atoms with van der Waals surface area (Å²) in [6.45, 7) is 2.31. The maximum absolute atomic E-state index is 12.1. The molecular formula is C16H23NO2. The van der Waals surface area contributed by atoms with Crippen molar-refractivity contribution in [3.63, 3.8) is 0 Å². The Morgan fingerprint density at radius 1 is 1.32 bits per heavy atom. The van der Waals surface area contributed by atoms with E-state index < -0.39 is 5.54 Å². The normalized spacial score (nSPS) is 26.9. The highest BCUT2D eigenvalue weighted by Crippen LogP contribution is 2.38. The second kappa shape index (κ2) is 6.20. The second-order valence-electron chi connectivity index (χ2n) is 5.24. The van der Waals surface area contributed by atoms with Gasteiger partial charge in [-0.1, -0.05) is 30.3 Å². The van der Waals surface area contributed by atoms with Crippen molar-refractivity contribution in [2.24, 2.45) is 0 Å². The van der Waals surface area contributed by atoms with Crippen LogP contribution in [0, 0.1) is 0 Å². The minimum absolute atomic E-state index is 0.0935. The van der Waals surface area contributed by atoms with Crippen molar-refractivity contribution in [2.45, 2.75) is 44.1 Å². The number of carbonyl (C=O) groups is 1. The molecule has 1 aliphatic carbocycles. The summed E-state index contributed by atoms with van der Waals surface area (Å²) >= 11 is 0. The van der Waals surface area contributed by atoms with Gasteiger partial charge in [-0.3, -0.25) is 4.79 Å². The third-order valence-corrected chi connectivity index (χ3v) is 4.25. The first-order chi connectivity index (χ1) is 9.22. The fraction of sp³-hybridized carbons (Fsp3) is 0.562. The predicted octanol–water partition coefficient (Wildman–Crippen LogP) is 2.87. The quantitative estimate of drug-likeness (QED) is 0.847. The van der Waals surface area contributed by atoms with Crippen LogP contribution in [0.15, 0.2) is 30.3 Å². The molecule has 1 fully saturated rings. The Bertz CT molecular complexity index is 408. The molecule has 0 amide bonds. The molecule has 0 radical (unpaired) electrons. The first kappa shape index (κ1) is 14.1. The Kier molecular flexibility index (Phi) is 4.59. The molecule has 0 bridgehead atoms. The molecule has 1 saturated carbocycles. The molecule has 1 aromatic carbocycles. The van der Waals surface area contributed by atoms with Gasteiger partial charge in [-0.2, -0.15) is 0 Å². The molecule has 1 aromatic rings. The van der Waals surface area contributed by atoms with E-state index in [2.05, 4.69) is 29.6 Å². The standard InChI is InChI=1S/C16H23NO2/c1-3-19-15(18)16(17-2)11-9-14(10-12-16)13-7-5-4-6-8-13/h4-8,14,17H,3,9-12H2,1-2H3. The Morgan fingerprint density at radius 2 is 1.95 bits per heavy atom. The fourth-order valence-corrected chi connectivity index (χ4v) is 2.99. The first-order valence-electron chi connectivity index (χ1n) is 7.13. The zero-order valence-corrected chi connectivity index (χ0v) is 11.8. The van der Waals surface area contributed by atoms with Crippen LogP contribution >= 0.6 is 0 Å². The Hall–Kier alpha value is -1.35. The van der Waals surface area contributed by atoms with Crippen molar-refractivity contribution in [1.29, 1.82) is 0 Å². The van der Waals surface area contributed by atoms with E-state index in [4.69, 9.17) is 4.74 Å². The number of nitrogens with one attached hydrogen (secondary N) is 1. The molecule has 19 heavy (non-hydrogen) atoms. The third kappa shape index (κ3) is 2.98. The average Bonchev–Trinajstić information content (AvgIpc) is 2.48. The SMILES string of the molecule is CCOC(=O)C1(NC)CCC(c2ccccc2)CC1. The highest BCUT2D eigenvalue weighted by atomic mass is 16.5. The van der Waals surface area contributed by atoms with E-state index in [1.807, 2.05) is 20.0 Å². The summed E-state index contributed by atoms with van der Waals surface area (Å²) < 4.78 is 5.22. The number of likely N-dealkylation sites (N-methyl/N-ethyl adjacent to an activating group) is 1. The Labute approximate surface area is 115 Å². The van der Waals surface area contributed by atoms with Gasteiger partial charge in [-0.25, -0.2) is 0 Å². The number of rotatable bonds is 4. The topological polar surface area (TPSA) is 38.3 Å². The highest BCUT2D eigenvalue weighted by Gasteiger charge is 2.41. The van der Waals surface area contributed by atoms with Crippen LogP contribution in [0.5, 0.6) is 0 Å². The number of hydrogen-bond donors (Lipinski definition) is 1. The average molecular weight is 261 g/mol. The minimum atomic E-state index is -0.471. The molecule has 0 spiro atoms. The van der Waals surface area contributed by atoms with Gasteiger partial charge < -0.3 is 10.1 Å². The molecule has 0 atom stereocenters. The van der Waals surface area contributed by atoms with Gasteiger partial charge in [0.15, 0.2) is 0 Å². The van der Waals surface area contributed by atoms with Gasteiger partial charge in [0.25, 0.3) is 0 Å². The van der Waals surface area contributed by atoms with Gasteiger partial charge >= 0.3 is 5.97 Å². The molecule has 0 aromatic heterocycles. The van der Waals surface area contributed by atoms with E-state index in [-0.39, 0.29) is 5.97 Å². The van der Waals surface area contributed by atoms with Crippen molar-refractivity contribution in [1.82, 2.24) is 5.32 Å². The van der Waals surface area contributed by atoms with Crippen LogP contribution in [0.1, 0.15) is 44.1 Å². The van der Waals surface area contributed by atoms with E-state index in [0.29, 0.717) is 12.5 Å². The summed E-state index contributed by atoms with van der Waals surface area (Å²) in [6, 6.07) is 10.6. The van der Waals surface area contributed by atoms with Crippen LogP contribution in [0.3, 0.4) is 0 Å². The van der Waals surface area contributed by atoms with Crippen LogP contribution < -0.4 is 5.32 Å². The van der Waals surface area contributed by atoms with Crippen molar-refractivity contribution in [3.8, 4) is 0 Å². The Morgan fingerprint density at radius 3 is 2.47 bits per heavy atom. The molecule has 1 N–H and O–H groups in total. The predicted molar refractivity (Wildman–Crippen MR) is 76.1 cm³/mol. The van der Waals surface area contributed by atoms with Crippen LogP contribution in [0.2, 0.25) is 0 Å². The van der Waals surface area contributed by atoms with Gasteiger partial charge in [0, 0.05) is 0 Å². The molecular weight excluding hydrogens is 238 g/mol. The number of ether oxygens (including phenoxy) is 1. The molecule has 3 heteroatoms. The van der Waals surface area contributed by atoms with Crippen LogP contribution in [0.4, 0.5) is 0 Å². The number of hydrogen-bond acceptors (Lipinski definition) is 3. The summed E-state index contributed by atoms with van der Waals surface area (Å²) in [7, 11) is 1.86. The summed E-state index contributed by atoms with van der Waals surface area (Å²) in [4.78, 5) is 12.1. The number of carbonyl (C=O) groups excluding carboxylic acids is 1. The van der Waals surface area contributed by atoms with Crippen LogP contribution in [0.25, 0.3) is 0 Å². The summed E-state index contributed by atoms with van der Waals surface area (Å²) in [5.41, 5.74) is 0.914. The van der Waals surface area contributed by atoms with Crippen LogP contribution in [-0.4, -0.2) is 25.2 Å². The maximum Gasteiger partial charge on any atom is 0.326 e. The molecule has 0 heterocycles. The molecule has 3 nitrogen and oxygen atoms in total. The minimum Gasteiger partial charge on any atom is -0.465 e. The molecule has 104 valence electrons. The molecule has 0 saturated heterocycles. The molecule has 2 rings (SSSR count). The largest absolute Gasteiger partial charge is 0.465 e. The zero-order valence-electron chi connectivity index (χ0n) is 11.8. The lowest BCUT2D eigenvalue weighted by molar-refractivity contribution is -0.152. The third-order valence-electron chi connectivity index (χ3n) is 4.25. The lowest BCUT2D eigenvalue weighted by Gasteiger charge is -2.38. The van der Waals surface area contributed by atoms with E-state index in [1.54, 1.807) is 0 Å². The van der Waals surface area contributed by atoms with Gasteiger partial charge in [0.1, 0.15) is 5.54 Å². The monoisotopic (exact) mass is 261 g/mol. The molecule has 0 aliphatic heterocycles. The van der Waals surface area contributed by atoms with E-state index >= 15 is 0 Å². The van der Waals surface area contributed by atoms with Gasteiger partial charge in [0.05, 0.1) is 6.61 Å². The number of esters is 1. The van der Waals surface area contributed by atoms with Gasteiger partial charge in [0.2, 0.25) is 0 Å². The first-order valence-corrected chi connectivity index (χ1v) is 7.13. The van der Waals surface area contributed by atoms with Gasteiger partial charge in [-0.05, 0) is 51.1 Å². The summed E-state index contributed by atoms with van der Waals surface area (Å²) in [5, 5.41) is 3.20. The summed E-state index contributed by atoms with van der Waals surface area (Å²) in [5.74, 6) is 0.473. The van der Waals surface area contributed by atoms with Crippen molar-refractivity contribution < 1.29 is 9.53 Å². The maximum atomic E-state index is 12.1. The Balaban J connectivity index is 2.02. The zero-order chi connectivity index (χ0) is 13.7. The fourth-order valence-electron chi connectivity index (χ4n) is 2.99. The van der Waals surface area contributed by atoms with Crippen molar-refractivity contribution >= 4 is 5.97 Å². The highest BCUT2D eigenvalue weighted by molar-refractivity contribution is 5.81. The van der Waals surface area contributed by atoms with Crippen LogP contribution in [-0.2, 0) is 9.53 Å². The lowest BCUT2D eigenvalue weighted by atomic mass is 9.74. The van der Waals surface area contributed by atoms with E-state index in [0.717, 1.165) is 25.7 Å². The lowest BCUT2D eigenvalue weighted by Crippen LogP contribution is -2.53. The van der Waals surface area contributed by atoms with E-state index in [9.17, 15) is 4.79 Å². The molecule has 1 aliphatic rings. The van der Waals surface area contributed by atoms with E-state index in [1.165, 1.54) is 5.56 Å². The van der Waals surface area contributed by atoms with Crippen molar-refractivity contribution in [3.05, 3.63) is 35.9 Å². The smallest absolute Gasteiger partial charge is 0.326 e. The number of benzene rings is 1. The molecule has 0 unspecified atom stereocenters. The summed E-state index contributed by atoms with van der Waals surface area (Å²) in [6.07, 6.45) is 3.76. The van der Waals surface area contributed by atoms with Gasteiger partial charge in [-0.15, -0.1) is 0 Å². The second-order valence-corrected chi connectivity index (χ2v) is 5.24. The van der Waals surface area contributed by atoms with Crippen molar-refractivity contribution in [2.75, 3.05) is 13.7 Å².